The number of carbonyl (C=O) groups is 1. The molecule has 0 spiro atoms. The van der Waals surface area contributed by atoms with Crippen LogP contribution in [0.15, 0.2) is 35.2 Å². The predicted molar refractivity (Wildman–Crippen MR) is 82.1 cm³/mol. The van der Waals surface area contributed by atoms with E-state index in [1.54, 1.807) is 26.0 Å². The van der Waals surface area contributed by atoms with Crippen LogP contribution in [0.5, 0.6) is 0 Å². The number of thioether (sulfide) groups is 1. The Bertz CT molecular complexity index is 399. The van der Waals surface area contributed by atoms with Crippen LogP contribution in [-0.2, 0) is 14.3 Å². The molecular weight excluding hydrogens is 274 g/mol. The van der Waals surface area contributed by atoms with Gasteiger partial charge in [-0.3, -0.25) is 4.79 Å². The zero-order valence-electron chi connectivity index (χ0n) is 12.3. The number of carbonyl (C=O) groups excluding carboxylic acids is 1. The Morgan fingerprint density at radius 1 is 1.30 bits per heavy atom. The van der Waals surface area contributed by atoms with E-state index in [0.29, 0.717) is 19.6 Å². The Morgan fingerprint density at radius 2 is 2.00 bits per heavy atom. The van der Waals surface area contributed by atoms with Gasteiger partial charge in [-0.1, -0.05) is 18.2 Å². The van der Waals surface area contributed by atoms with E-state index in [4.69, 9.17) is 9.47 Å². The first kappa shape index (κ1) is 17.0. The summed E-state index contributed by atoms with van der Waals surface area (Å²) in [6, 6.07) is 10.1. The molecule has 0 aliphatic carbocycles. The number of amides is 1. The van der Waals surface area contributed by atoms with E-state index in [1.807, 2.05) is 37.3 Å². The molecule has 0 radical (unpaired) electrons. The van der Waals surface area contributed by atoms with E-state index in [2.05, 4.69) is 5.32 Å². The Morgan fingerprint density at radius 3 is 2.60 bits per heavy atom. The molecule has 0 aliphatic rings. The van der Waals surface area contributed by atoms with Crippen LogP contribution in [0.1, 0.15) is 13.3 Å². The van der Waals surface area contributed by atoms with Crippen molar-refractivity contribution in [3.05, 3.63) is 30.3 Å². The van der Waals surface area contributed by atoms with Gasteiger partial charge in [0.25, 0.3) is 0 Å². The standard InChI is InChI=1S/C15H23NO3S/c1-15(19-3,12-18-2)11-16-14(17)9-10-20-13-7-5-4-6-8-13/h4-8H,9-12H2,1-3H3,(H,16,17). The lowest BCUT2D eigenvalue weighted by Crippen LogP contribution is -2.45. The number of hydrogen-bond acceptors (Lipinski definition) is 4. The number of nitrogens with one attached hydrogen (secondary N) is 1. The zero-order valence-corrected chi connectivity index (χ0v) is 13.2. The molecular formula is C15H23NO3S. The number of methoxy groups -OCH3 is 2. The Labute approximate surface area is 125 Å². The fourth-order valence-corrected chi connectivity index (χ4v) is 2.51. The molecule has 1 aromatic rings. The van der Waals surface area contributed by atoms with Gasteiger partial charge < -0.3 is 14.8 Å². The monoisotopic (exact) mass is 297 g/mol. The summed E-state index contributed by atoms with van der Waals surface area (Å²) in [6.07, 6.45) is 0.492. The lowest BCUT2D eigenvalue weighted by Gasteiger charge is -2.27. The SMILES string of the molecule is COCC(C)(CNC(=O)CCSc1ccccc1)OC. The van der Waals surface area contributed by atoms with Gasteiger partial charge in [0.15, 0.2) is 0 Å². The van der Waals surface area contributed by atoms with Gasteiger partial charge in [0, 0.05) is 37.8 Å². The molecule has 0 fully saturated rings. The Kier molecular flexibility index (Phi) is 7.65. The molecule has 4 nitrogen and oxygen atoms in total. The summed E-state index contributed by atoms with van der Waals surface area (Å²) in [5, 5.41) is 2.89. The van der Waals surface area contributed by atoms with Gasteiger partial charge >= 0.3 is 0 Å². The molecule has 0 aliphatic heterocycles. The smallest absolute Gasteiger partial charge is 0.220 e. The van der Waals surface area contributed by atoms with Crippen LogP contribution in [0.2, 0.25) is 0 Å². The second kappa shape index (κ2) is 9.00. The summed E-state index contributed by atoms with van der Waals surface area (Å²) in [7, 11) is 3.24. The minimum absolute atomic E-state index is 0.0350. The lowest BCUT2D eigenvalue weighted by molar-refractivity contribution is -0.123. The third kappa shape index (κ3) is 6.41. The lowest BCUT2D eigenvalue weighted by atomic mass is 10.1. The Hall–Kier alpha value is -1.04. The van der Waals surface area contributed by atoms with Crippen LogP contribution in [0.3, 0.4) is 0 Å². The van der Waals surface area contributed by atoms with Gasteiger partial charge in [-0.2, -0.15) is 0 Å². The summed E-state index contributed by atoms with van der Waals surface area (Å²) in [5.74, 6) is 0.803. The summed E-state index contributed by atoms with van der Waals surface area (Å²) < 4.78 is 10.4. The zero-order chi connectivity index (χ0) is 14.8. The highest BCUT2D eigenvalue weighted by Crippen LogP contribution is 2.17. The quantitative estimate of drug-likeness (QED) is 0.711. The van der Waals surface area contributed by atoms with Crippen LogP contribution in [-0.4, -0.2) is 44.6 Å². The molecule has 1 N–H and O–H groups in total. The fraction of sp³-hybridized carbons (Fsp3) is 0.533. The number of benzene rings is 1. The summed E-state index contributed by atoms with van der Waals surface area (Å²) in [6.45, 7) is 2.81. The minimum atomic E-state index is -0.475. The maximum absolute atomic E-state index is 11.8. The molecule has 5 heteroatoms. The molecule has 0 bridgehead atoms. The second-order valence-corrected chi connectivity index (χ2v) is 5.94. The van der Waals surface area contributed by atoms with E-state index in [-0.39, 0.29) is 5.91 Å². The van der Waals surface area contributed by atoms with E-state index in [9.17, 15) is 4.79 Å². The van der Waals surface area contributed by atoms with Crippen LogP contribution in [0, 0.1) is 0 Å². The van der Waals surface area contributed by atoms with Crippen LogP contribution < -0.4 is 5.32 Å². The maximum atomic E-state index is 11.8. The normalized spacial score (nSPS) is 13.8. The van der Waals surface area contributed by atoms with E-state index >= 15 is 0 Å². The first-order valence-corrected chi connectivity index (χ1v) is 7.57. The molecule has 0 aromatic heterocycles. The van der Waals surface area contributed by atoms with Gasteiger partial charge in [0.1, 0.15) is 5.60 Å². The van der Waals surface area contributed by atoms with Crippen molar-refractivity contribution >= 4 is 17.7 Å². The first-order valence-electron chi connectivity index (χ1n) is 6.58. The molecule has 0 heterocycles. The molecule has 20 heavy (non-hydrogen) atoms. The molecule has 1 rings (SSSR count). The van der Waals surface area contributed by atoms with Crippen molar-refractivity contribution in [2.75, 3.05) is 33.1 Å². The van der Waals surface area contributed by atoms with Gasteiger partial charge in [-0.15, -0.1) is 11.8 Å². The third-order valence-corrected chi connectivity index (χ3v) is 3.96. The van der Waals surface area contributed by atoms with Crippen LogP contribution in [0.4, 0.5) is 0 Å². The highest BCUT2D eigenvalue weighted by molar-refractivity contribution is 7.99. The molecule has 0 saturated carbocycles. The molecule has 1 aromatic carbocycles. The van der Waals surface area contributed by atoms with Crippen molar-refractivity contribution in [1.82, 2.24) is 5.32 Å². The van der Waals surface area contributed by atoms with Crippen molar-refractivity contribution in [2.45, 2.75) is 23.8 Å². The average molecular weight is 297 g/mol. The maximum Gasteiger partial charge on any atom is 0.220 e. The third-order valence-electron chi connectivity index (χ3n) is 2.94. The molecule has 1 amide bonds. The van der Waals surface area contributed by atoms with Gasteiger partial charge in [-0.05, 0) is 19.1 Å². The summed E-state index contributed by atoms with van der Waals surface area (Å²) in [5.41, 5.74) is -0.475. The van der Waals surface area contributed by atoms with Crippen molar-refractivity contribution in [3.8, 4) is 0 Å². The molecule has 1 atom stereocenters. The predicted octanol–water partition coefficient (Wildman–Crippen LogP) is 2.34. The molecule has 112 valence electrons. The van der Waals surface area contributed by atoms with Crippen molar-refractivity contribution in [3.63, 3.8) is 0 Å². The van der Waals surface area contributed by atoms with Crippen molar-refractivity contribution < 1.29 is 14.3 Å². The van der Waals surface area contributed by atoms with Crippen molar-refractivity contribution in [2.24, 2.45) is 0 Å². The van der Waals surface area contributed by atoms with Crippen molar-refractivity contribution in [1.29, 1.82) is 0 Å². The largest absolute Gasteiger partial charge is 0.382 e. The highest BCUT2D eigenvalue weighted by Gasteiger charge is 2.24. The number of ether oxygens (including phenoxy) is 2. The highest BCUT2D eigenvalue weighted by atomic mass is 32.2. The van der Waals surface area contributed by atoms with Crippen LogP contribution >= 0.6 is 11.8 Å². The fourth-order valence-electron chi connectivity index (χ4n) is 1.64. The van der Waals surface area contributed by atoms with Gasteiger partial charge in [-0.25, -0.2) is 0 Å². The Balaban J connectivity index is 2.23. The van der Waals surface area contributed by atoms with Crippen LogP contribution in [0.25, 0.3) is 0 Å². The average Bonchev–Trinajstić information content (AvgIpc) is 2.47. The van der Waals surface area contributed by atoms with E-state index < -0.39 is 5.60 Å². The molecule has 1 unspecified atom stereocenters. The minimum Gasteiger partial charge on any atom is -0.382 e. The van der Waals surface area contributed by atoms with Gasteiger partial charge in [0.05, 0.1) is 6.61 Å². The van der Waals surface area contributed by atoms with E-state index in [0.717, 1.165) is 5.75 Å². The summed E-state index contributed by atoms with van der Waals surface area (Å²) >= 11 is 1.68. The number of rotatable bonds is 9. The molecule has 0 saturated heterocycles. The van der Waals surface area contributed by atoms with Gasteiger partial charge in [0.2, 0.25) is 5.91 Å². The topological polar surface area (TPSA) is 47.6 Å². The van der Waals surface area contributed by atoms with E-state index in [1.165, 1.54) is 4.90 Å². The number of hydrogen-bond donors (Lipinski definition) is 1. The first-order chi connectivity index (χ1) is 9.59. The summed E-state index contributed by atoms with van der Waals surface area (Å²) in [4.78, 5) is 13.0. The second-order valence-electron chi connectivity index (χ2n) is 4.78.